The average molecular weight is 233 g/mol. The van der Waals surface area contributed by atoms with Crippen molar-refractivity contribution in [1.82, 2.24) is 4.90 Å². The number of benzene rings is 1. The zero-order chi connectivity index (χ0) is 12.5. The van der Waals surface area contributed by atoms with E-state index in [1.54, 1.807) is 6.07 Å². The normalized spacial score (nSPS) is 10.5. The second-order valence-electron chi connectivity index (χ2n) is 3.95. The number of carbonyl (C=O) groups is 1. The third kappa shape index (κ3) is 5.50. The van der Waals surface area contributed by atoms with Gasteiger partial charge in [-0.2, -0.15) is 0 Å². The van der Waals surface area contributed by atoms with E-state index in [4.69, 9.17) is 0 Å². The maximum absolute atomic E-state index is 11.6. The Balaban J connectivity index is 2.22. The molecule has 0 bridgehead atoms. The first-order valence-corrected chi connectivity index (χ1v) is 6.25. The van der Waals surface area contributed by atoms with Gasteiger partial charge in [-0.3, -0.25) is 4.79 Å². The third-order valence-electron chi connectivity index (χ3n) is 2.76. The maximum Gasteiger partial charge on any atom is 0.224 e. The molecule has 1 aromatic carbocycles. The monoisotopic (exact) mass is 233 g/mol. The van der Waals surface area contributed by atoms with Crippen LogP contribution in [0.2, 0.25) is 0 Å². The van der Waals surface area contributed by atoms with E-state index in [1.807, 2.05) is 18.2 Å². The molecular weight excluding hydrogens is 212 g/mol. The van der Waals surface area contributed by atoms with Gasteiger partial charge in [0.15, 0.2) is 0 Å². The van der Waals surface area contributed by atoms with E-state index in [0.29, 0.717) is 6.42 Å². The summed E-state index contributed by atoms with van der Waals surface area (Å²) < 4.78 is 0. The number of amides is 1. The lowest BCUT2D eigenvalue weighted by Gasteiger charge is -2.17. The van der Waals surface area contributed by atoms with Gasteiger partial charge in [-0.1, -0.05) is 32.0 Å². The average Bonchev–Trinajstić information content (AvgIpc) is 2.36. The van der Waals surface area contributed by atoms with Crippen molar-refractivity contribution >= 4 is 11.6 Å². The number of carbonyl (C=O) groups excluding carboxylic acids is 1. The van der Waals surface area contributed by atoms with Gasteiger partial charge in [0.1, 0.15) is 0 Å². The summed E-state index contributed by atoms with van der Waals surface area (Å²) in [5.74, 6) is 0.0691. The van der Waals surface area contributed by atoms with Crippen molar-refractivity contribution in [2.24, 2.45) is 0 Å². The molecule has 3 heteroatoms. The molecule has 1 aromatic rings. The smallest absolute Gasteiger partial charge is 0.224 e. The molecule has 1 rings (SSSR count). The zero-order valence-electron chi connectivity index (χ0n) is 10.7. The molecule has 0 aliphatic heterocycles. The van der Waals surface area contributed by atoms with Crippen molar-refractivity contribution in [1.29, 1.82) is 0 Å². The molecule has 0 unspecified atom stereocenters. The van der Waals surface area contributed by atoms with Crippen LogP contribution in [0.1, 0.15) is 26.7 Å². The minimum atomic E-state index is 0.0691. The maximum atomic E-state index is 11.6. The van der Waals surface area contributed by atoms with Crippen LogP contribution in [0, 0.1) is 6.07 Å². The van der Waals surface area contributed by atoms with E-state index in [9.17, 15) is 4.79 Å². The van der Waals surface area contributed by atoms with Crippen molar-refractivity contribution in [3.8, 4) is 0 Å². The fourth-order valence-corrected chi connectivity index (χ4v) is 1.69. The Morgan fingerprint density at radius 1 is 1.35 bits per heavy atom. The molecule has 0 saturated heterocycles. The second-order valence-corrected chi connectivity index (χ2v) is 3.95. The minimum absolute atomic E-state index is 0.0691. The molecule has 0 saturated carbocycles. The van der Waals surface area contributed by atoms with Crippen molar-refractivity contribution in [3.63, 3.8) is 0 Å². The summed E-state index contributed by atoms with van der Waals surface area (Å²) in [7, 11) is 0. The first kappa shape index (κ1) is 13.7. The molecular formula is C14H21N2O. The Hall–Kier alpha value is -1.35. The number of nitrogens with zero attached hydrogens (tertiary/aromatic N) is 1. The number of rotatable bonds is 7. The van der Waals surface area contributed by atoms with Crippen LogP contribution in [0.3, 0.4) is 0 Å². The first-order chi connectivity index (χ1) is 8.26. The molecule has 93 valence electrons. The van der Waals surface area contributed by atoms with Crippen LogP contribution in [-0.2, 0) is 4.79 Å². The number of para-hydroxylation sites is 1. The largest absolute Gasteiger partial charge is 0.326 e. The predicted molar refractivity (Wildman–Crippen MR) is 70.9 cm³/mol. The van der Waals surface area contributed by atoms with Crippen molar-refractivity contribution in [3.05, 3.63) is 30.3 Å². The van der Waals surface area contributed by atoms with Gasteiger partial charge in [-0.25, -0.2) is 0 Å². The fourth-order valence-electron chi connectivity index (χ4n) is 1.69. The molecule has 0 aromatic heterocycles. The van der Waals surface area contributed by atoms with Gasteiger partial charge in [0.25, 0.3) is 0 Å². The van der Waals surface area contributed by atoms with E-state index < -0.39 is 0 Å². The molecule has 0 spiro atoms. The molecule has 1 amide bonds. The standard InChI is InChI=1S/C14H21N2O/c1-3-16(4-2)12-8-11-14(17)15-13-9-6-5-7-10-13/h5-7,9H,3-4,8,11-12H2,1-2H3,(H,15,17). The van der Waals surface area contributed by atoms with Crippen LogP contribution in [0.25, 0.3) is 0 Å². The summed E-state index contributed by atoms with van der Waals surface area (Å²) in [6.07, 6.45) is 1.47. The molecule has 0 fully saturated rings. The van der Waals surface area contributed by atoms with Gasteiger partial charge in [-0.15, -0.1) is 0 Å². The number of nitrogens with one attached hydrogen (secondary N) is 1. The van der Waals surface area contributed by atoms with Gasteiger partial charge < -0.3 is 10.2 Å². The molecule has 0 aliphatic carbocycles. The lowest BCUT2D eigenvalue weighted by Crippen LogP contribution is -2.25. The predicted octanol–water partition coefficient (Wildman–Crippen LogP) is 2.55. The molecule has 0 aliphatic rings. The van der Waals surface area contributed by atoms with E-state index >= 15 is 0 Å². The molecule has 0 atom stereocenters. The zero-order valence-corrected chi connectivity index (χ0v) is 10.7. The number of hydrogen-bond donors (Lipinski definition) is 1. The topological polar surface area (TPSA) is 32.3 Å². The Kier molecular flexibility index (Phi) is 6.33. The summed E-state index contributed by atoms with van der Waals surface area (Å²) >= 11 is 0. The molecule has 0 heterocycles. The van der Waals surface area contributed by atoms with Gasteiger partial charge in [-0.05, 0) is 32.1 Å². The summed E-state index contributed by atoms with van der Waals surface area (Å²) in [6.45, 7) is 7.36. The summed E-state index contributed by atoms with van der Waals surface area (Å²) in [6, 6.07) is 10.4. The van der Waals surface area contributed by atoms with Crippen LogP contribution >= 0.6 is 0 Å². The van der Waals surface area contributed by atoms with E-state index in [2.05, 4.69) is 30.1 Å². The van der Waals surface area contributed by atoms with Crippen molar-refractivity contribution < 1.29 is 4.79 Å². The van der Waals surface area contributed by atoms with Crippen molar-refractivity contribution in [2.45, 2.75) is 26.7 Å². The highest BCUT2D eigenvalue weighted by Gasteiger charge is 2.04. The minimum Gasteiger partial charge on any atom is -0.326 e. The lowest BCUT2D eigenvalue weighted by atomic mass is 10.2. The highest BCUT2D eigenvalue weighted by Crippen LogP contribution is 2.05. The molecule has 1 radical (unpaired) electrons. The summed E-state index contributed by atoms with van der Waals surface area (Å²) in [5.41, 5.74) is 0.750. The van der Waals surface area contributed by atoms with E-state index in [-0.39, 0.29) is 5.91 Å². The number of anilines is 1. The highest BCUT2D eigenvalue weighted by molar-refractivity contribution is 5.90. The molecule has 17 heavy (non-hydrogen) atoms. The molecule has 1 N–H and O–H groups in total. The van der Waals surface area contributed by atoms with Crippen LogP contribution in [0.15, 0.2) is 24.3 Å². The SMILES string of the molecule is CCN(CC)CCCC(=O)Nc1[c]cccc1. The van der Waals surface area contributed by atoms with Gasteiger partial charge in [0, 0.05) is 18.2 Å². The second kappa shape index (κ2) is 7.85. The summed E-state index contributed by atoms with van der Waals surface area (Å²) in [4.78, 5) is 13.9. The van der Waals surface area contributed by atoms with E-state index in [0.717, 1.165) is 31.7 Å². The van der Waals surface area contributed by atoms with Crippen molar-refractivity contribution in [2.75, 3.05) is 25.0 Å². The van der Waals surface area contributed by atoms with E-state index in [1.165, 1.54) is 0 Å². The Bertz CT molecular complexity index is 320. The van der Waals surface area contributed by atoms with Crippen LogP contribution in [-0.4, -0.2) is 30.4 Å². The van der Waals surface area contributed by atoms with Crippen LogP contribution in [0.4, 0.5) is 5.69 Å². The first-order valence-electron chi connectivity index (χ1n) is 6.25. The van der Waals surface area contributed by atoms with Crippen LogP contribution in [0.5, 0.6) is 0 Å². The lowest BCUT2D eigenvalue weighted by molar-refractivity contribution is -0.116. The third-order valence-corrected chi connectivity index (χ3v) is 2.76. The fraction of sp³-hybridized carbons (Fsp3) is 0.500. The molecule has 3 nitrogen and oxygen atoms in total. The summed E-state index contributed by atoms with van der Waals surface area (Å²) in [5, 5.41) is 2.84. The van der Waals surface area contributed by atoms with Gasteiger partial charge in [0.05, 0.1) is 0 Å². The van der Waals surface area contributed by atoms with Crippen LogP contribution < -0.4 is 5.32 Å². The Labute approximate surface area is 104 Å². The highest BCUT2D eigenvalue weighted by atomic mass is 16.1. The van der Waals surface area contributed by atoms with Gasteiger partial charge in [0.2, 0.25) is 5.91 Å². The number of hydrogen-bond acceptors (Lipinski definition) is 2. The quantitative estimate of drug-likeness (QED) is 0.785. The Morgan fingerprint density at radius 2 is 2.12 bits per heavy atom. The van der Waals surface area contributed by atoms with Gasteiger partial charge >= 0.3 is 0 Å². The Morgan fingerprint density at radius 3 is 2.71 bits per heavy atom.